The van der Waals surface area contributed by atoms with E-state index in [2.05, 4.69) is 19.2 Å². The van der Waals surface area contributed by atoms with Crippen LogP contribution in [0.4, 0.5) is 0 Å². The molecule has 82 valence electrons. The Bertz CT molecular complexity index is 186. The van der Waals surface area contributed by atoms with Gasteiger partial charge in [0.1, 0.15) is 0 Å². The van der Waals surface area contributed by atoms with Gasteiger partial charge in [-0.05, 0) is 25.7 Å². The van der Waals surface area contributed by atoms with Crippen molar-refractivity contribution in [2.24, 2.45) is 0 Å². The van der Waals surface area contributed by atoms with Gasteiger partial charge in [-0.3, -0.25) is 4.79 Å². The van der Waals surface area contributed by atoms with Crippen LogP contribution >= 0.6 is 0 Å². The highest BCUT2D eigenvalue weighted by Gasteiger charge is 2.23. The average Bonchev–Trinajstić information content (AvgIpc) is 2.99. The summed E-state index contributed by atoms with van der Waals surface area (Å²) in [6.07, 6.45) is 4.56. The van der Waals surface area contributed by atoms with Crippen molar-refractivity contribution in [3.63, 3.8) is 0 Å². The van der Waals surface area contributed by atoms with E-state index >= 15 is 0 Å². The number of hydrogen-bond acceptors (Lipinski definition) is 2. The number of carbonyl (C=O) groups excluding carboxylic acids is 1. The van der Waals surface area contributed by atoms with E-state index in [1.165, 1.54) is 12.8 Å². The molecule has 1 aliphatic rings. The predicted molar refractivity (Wildman–Crippen MR) is 58.2 cm³/mol. The van der Waals surface area contributed by atoms with Gasteiger partial charge in [-0.2, -0.15) is 0 Å². The summed E-state index contributed by atoms with van der Waals surface area (Å²) >= 11 is 0. The molecule has 1 rings (SSSR count). The van der Waals surface area contributed by atoms with Crippen LogP contribution < -0.4 is 5.32 Å². The van der Waals surface area contributed by atoms with Gasteiger partial charge >= 0.3 is 0 Å². The summed E-state index contributed by atoms with van der Waals surface area (Å²) in [4.78, 5) is 13.6. The first-order valence-corrected chi connectivity index (χ1v) is 5.68. The van der Waals surface area contributed by atoms with E-state index in [0.29, 0.717) is 18.6 Å². The molecule has 0 aromatic carbocycles. The number of nitrogens with one attached hydrogen (secondary N) is 1. The second kappa shape index (κ2) is 5.35. The van der Waals surface area contributed by atoms with Crippen molar-refractivity contribution in [2.75, 3.05) is 13.6 Å². The molecule has 1 N–H and O–H groups in total. The molecule has 0 radical (unpaired) electrons. The molecule has 3 nitrogen and oxygen atoms in total. The van der Waals surface area contributed by atoms with Gasteiger partial charge in [-0.15, -0.1) is 0 Å². The minimum absolute atomic E-state index is 0.227. The van der Waals surface area contributed by atoms with Gasteiger partial charge in [0.05, 0.1) is 6.54 Å². The van der Waals surface area contributed by atoms with Crippen LogP contribution in [-0.2, 0) is 4.79 Å². The van der Waals surface area contributed by atoms with Crippen LogP contribution in [0.2, 0.25) is 0 Å². The standard InChI is InChI=1S/C11H22N2O/c1-4-10(5-2)13(3)11(14)8-12-9-6-7-9/h9-10,12H,4-8H2,1-3H3. The van der Waals surface area contributed by atoms with Crippen molar-refractivity contribution in [3.05, 3.63) is 0 Å². The maximum atomic E-state index is 11.7. The van der Waals surface area contributed by atoms with Crippen LogP contribution in [0.15, 0.2) is 0 Å². The summed E-state index contributed by atoms with van der Waals surface area (Å²) in [5.41, 5.74) is 0. The number of carbonyl (C=O) groups is 1. The third-order valence-corrected chi connectivity index (χ3v) is 3.00. The van der Waals surface area contributed by atoms with E-state index in [9.17, 15) is 4.79 Å². The van der Waals surface area contributed by atoms with Gasteiger partial charge < -0.3 is 10.2 Å². The van der Waals surface area contributed by atoms with Crippen LogP contribution in [0.1, 0.15) is 39.5 Å². The van der Waals surface area contributed by atoms with Crippen molar-refractivity contribution in [1.29, 1.82) is 0 Å². The molecule has 0 aromatic heterocycles. The van der Waals surface area contributed by atoms with E-state index in [1.54, 1.807) is 0 Å². The van der Waals surface area contributed by atoms with Gasteiger partial charge in [-0.25, -0.2) is 0 Å². The van der Waals surface area contributed by atoms with E-state index in [0.717, 1.165) is 12.8 Å². The third kappa shape index (κ3) is 3.29. The quantitative estimate of drug-likeness (QED) is 0.699. The lowest BCUT2D eigenvalue weighted by molar-refractivity contribution is -0.131. The summed E-state index contributed by atoms with van der Waals surface area (Å²) < 4.78 is 0. The normalized spacial score (nSPS) is 16.0. The number of rotatable bonds is 6. The molecule has 0 heterocycles. The lowest BCUT2D eigenvalue weighted by Gasteiger charge is -2.26. The first-order valence-electron chi connectivity index (χ1n) is 5.68. The predicted octanol–water partition coefficient (Wildman–Crippen LogP) is 1.39. The number of likely N-dealkylation sites (N-methyl/N-ethyl adjacent to an activating group) is 1. The molecule has 0 atom stereocenters. The van der Waals surface area contributed by atoms with Crippen molar-refractivity contribution in [3.8, 4) is 0 Å². The van der Waals surface area contributed by atoms with E-state index in [1.807, 2.05) is 11.9 Å². The Hall–Kier alpha value is -0.570. The van der Waals surface area contributed by atoms with Gasteiger partial charge in [0, 0.05) is 19.1 Å². The van der Waals surface area contributed by atoms with E-state index in [4.69, 9.17) is 0 Å². The van der Waals surface area contributed by atoms with Crippen LogP contribution in [0.5, 0.6) is 0 Å². The summed E-state index contributed by atoms with van der Waals surface area (Å²) in [7, 11) is 1.91. The molecule has 0 saturated heterocycles. The fraction of sp³-hybridized carbons (Fsp3) is 0.909. The van der Waals surface area contributed by atoms with Gasteiger partial charge in [0.2, 0.25) is 5.91 Å². The fourth-order valence-electron chi connectivity index (χ4n) is 1.68. The highest BCUT2D eigenvalue weighted by Crippen LogP contribution is 2.18. The SMILES string of the molecule is CCC(CC)N(C)C(=O)CNC1CC1. The molecule has 1 amide bonds. The van der Waals surface area contributed by atoms with Crippen molar-refractivity contribution < 1.29 is 4.79 Å². The monoisotopic (exact) mass is 198 g/mol. The zero-order valence-electron chi connectivity index (χ0n) is 9.55. The minimum Gasteiger partial charge on any atom is -0.342 e. The summed E-state index contributed by atoms with van der Waals surface area (Å²) in [6.45, 7) is 4.77. The molecule has 0 unspecified atom stereocenters. The molecule has 0 bridgehead atoms. The van der Waals surface area contributed by atoms with Crippen molar-refractivity contribution >= 4 is 5.91 Å². The summed E-state index contributed by atoms with van der Waals surface area (Å²) in [5.74, 6) is 0.227. The number of amides is 1. The Balaban J connectivity index is 2.25. The molecule has 1 aliphatic carbocycles. The van der Waals surface area contributed by atoms with Crippen LogP contribution in [0.25, 0.3) is 0 Å². The molecular formula is C11H22N2O. The Morgan fingerprint density at radius 3 is 2.43 bits per heavy atom. The third-order valence-electron chi connectivity index (χ3n) is 3.00. The van der Waals surface area contributed by atoms with Gasteiger partial charge in [-0.1, -0.05) is 13.8 Å². The largest absolute Gasteiger partial charge is 0.342 e. The summed E-state index contributed by atoms with van der Waals surface area (Å²) in [6, 6.07) is 1.03. The first kappa shape index (κ1) is 11.5. The Labute approximate surface area is 86.9 Å². The second-order valence-corrected chi connectivity index (χ2v) is 4.13. The Kier molecular flexibility index (Phi) is 4.39. The minimum atomic E-state index is 0.227. The topological polar surface area (TPSA) is 32.3 Å². The fourth-order valence-corrected chi connectivity index (χ4v) is 1.68. The number of hydrogen-bond donors (Lipinski definition) is 1. The van der Waals surface area contributed by atoms with Crippen LogP contribution in [0.3, 0.4) is 0 Å². The van der Waals surface area contributed by atoms with Gasteiger partial charge in [0.25, 0.3) is 0 Å². The Morgan fingerprint density at radius 1 is 1.43 bits per heavy atom. The van der Waals surface area contributed by atoms with Crippen LogP contribution in [-0.4, -0.2) is 36.5 Å². The lowest BCUT2D eigenvalue weighted by atomic mass is 10.1. The molecular weight excluding hydrogens is 176 g/mol. The molecule has 3 heteroatoms. The highest BCUT2D eigenvalue weighted by atomic mass is 16.2. The van der Waals surface area contributed by atoms with Crippen molar-refractivity contribution in [1.82, 2.24) is 10.2 Å². The zero-order chi connectivity index (χ0) is 10.6. The molecule has 0 aliphatic heterocycles. The van der Waals surface area contributed by atoms with Gasteiger partial charge in [0.15, 0.2) is 0 Å². The van der Waals surface area contributed by atoms with E-state index in [-0.39, 0.29) is 5.91 Å². The van der Waals surface area contributed by atoms with Crippen LogP contribution in [0, 0.1) is 0 Å². The second-order valence-electron chi connectivity index (χ2n) is 4.13. The summed E-state index contributed by atoms with van der Waals surface area (Å²) in [5, 5.41) is 3.25. The lowest BCUT2D eigenvalue weighted by Crippen LogP contribution is -2.41. The number of nitrogens with zero attached hydrogens (tertiary/aromatic N) is 1. The first-order chi connectivity index (χ1) is 6.69. The highest BCUT2D eigenvalue weighted by molar-refractivity contribution is 5.78. The van der Waals surface area contributed by atoms with E-state index < -0.39 is 0 Å². The smallest absolute Gasteiger partial charge is 0.236 e. The Morgan fingerprint density at radius 2 is 2.00 bits per heavy atom. The molecule has 1 saturated carbocycles. The molecule has 0 spiro atoms. The molecule has 14 heavy (non-hydrogen) atoms. The maximum absolute atomic E-state index is 11.7. The molecule has 0 aromatic rings. The van der Waals surface area contributed by atoms with Crippen molar-refractivity contribution in [2.45, 2.75) is 51.6 Å². The molecule has 1 fully saturated rings. The average molecular weight is 198 g/mol. The maximum Gasteiger partial charge on any atom is 0.236 e. The zero-order valence-corrected chi connectivity index (χ0v) is 9.55.